The van der Waals surface area contributed by atoms with Gasteiger partial charge in [-0.2, -0.15) is 10.2 Å². The van der Waals surface area contributed by atoms with E-state index in [0.717, 1.165) is 17.7 Å². The van der Waals surface area contributed by atoms with Crippen molar-refractivity contribution >= 4 is 17.5 Å². The van der Waals surface area contributed by atoms with Gasteiger partial charge in [-0.05, 0) is 43.7 Å². The molecule has 8 heteroatoms. The Balaban J connectivity index is 1.51. The fourth-order valence-corrected chi connectivity index (χ4v) is 2.50. The van der Waals surface area contributed by atoms with Crippen molar-refractivity contribution in [3.8, 4) is 11.3 Å². The van der Waals surface area contributed by atoms with Gasteiger partial charge in [-0.3, -0.25) is 14.6 Å². The van der Waals surface area contributed by atoms with Crippen molar-refractivity contribution in [1.82, 2.24) is 25.3 Å². The van der Waals surface area contributed by atoms with E-state index in [2.05, 4.69) is 20.6 Å². The van der Waals surface area contributed by atoms with Crippen molar-refractivity contribution in [2.45, 2.75) is 19.9 Å². The third kappa shape index (κ3) is 4.24. The molecule has 1 aromatic carbocycles. The van der Waals surface area contributed by atoms with Crippen LogP contribution in [0.5, 0.6) is 0 Å². The highest BCUT2D eigenvalue weighted by molar-refractivity contribution is 6.31. The summed E-state index contributed by atoms with van der Waals surface area (Å²) in [7, 11) is 0. The monoisotopic (exact) mass is 361 g/mol. The molecule has 130 valence electrons. The van der Waals surface area contributed by atoms with Crippen LogP contribution < -0.4 is 5.32 Å². The van der Waals surface area contributed by atoms with E-state index >= 15 is 0 Å². The standard InChI is InChI=1S/C17H17ClFN5O/c1-11-14(18)10-24(23-11)8-2-7-20-17(25)16-9-15(21-22-16)12-3-5-13(19)6-4-12/h3-6,9-10H,2,7-8H2,1H3,(H,20,25)(H,21,22). The van der Waals surface area contributed by atoms with Crippen LogP contribution in [0.3, 0.4) is 0 Å². The first-order valence-corrected chi connectivity index (χ1v) is 8.20. The van der Waals surface area contributed by atoms with E-state index in [-0.39, 0.29) is 11.7 Å². The number of aromatic nitrogens is 4. The second-order valence-corrected chi connectivity index (χ2v) is 6.02. The molecular formula is C17H17ClFN5O. The summed E-state index contributed by atoms with van der Waals surface area (Å²) in [6.45, 7) is 3.01. The molecule has 6 nitrogen and oxygen atoms in total. The zero-order chi connectivity index (χ0) is 17.8. The molecule has 0 saturated heterocycles. The molecule has 2 N–H and O–H groups in total. The lowest BCUT2D eigenvalue weighted by molar-refractivity contribution is 0.0947. The number of hydrogen-bond donors (Lipinski definition) is 2. The van der Waals surface area contributed by atoms with Crippen LogP contribution in [0.4, 0.5) is 4.39 Å². The summed E-state index contributed by atoms with van der Waals surface area (Å²) in [4.78, 5) is 12.1. The molecule has 0 aliphatic rings. The summed E-state index contributed by atoms with van der Waals surface area (Å²) in [5, 5.41) is 14.5. The lowest BCUT2D eigenvalue weighted by Gasteiger charge is -2.03. The fourth-order valence-electron chi connectivity index (χ4n) is 2.35. The average molecular weight is 362 g/mol. The zero-order valence-corrected chi connectivity index (χ0v) is 14.3. The van der Waals surface area contributed by atoms with Gasteiger partial charge in [-0.15, -0.1) is 0 Å². The third-order valence-corrected chi connectivity index (χ3v) is 4.07. The van der Waals surface area contributed by atoms with Crippen molar-refractivity contribution in [2.24, 2.45) is 0 Å². The van der Waals surface area contributed by atoms with Crippen LogP contribution in [0.2, 0.25) is 5.02 Å². The molecule has 0 fully saturated rings. The Labute approximate surface area is 149 Å². The first-order valence-electron chi connectivity index (χ1n) is 7.82. The van der Waals surface area contributed by atoms with E-state index in [0.29, 0.717) is 29.5 Å². The summed E-state index contributed by atoms with van der Waals surface area (Å²) >= 11 is 5.95. The molecule has 2 heterocycles. The molecule has 3 aromatic rings. The van der Waals surface area contributed by atoms with Crippen LogP contribution in [0.15, 0.2) is 36.5 Å². The molecule has 0 radical (unpaired) electrons. The zero-order valence-electron chi connectivity index (χ0n) is 13.6. The third-order valence-electron chi connectivity index (χ3n) is 3.70. The first kappa shape index (κ1) is 17.2. The number of amides is 1. The van der Waals surface area contributed by atoms with Crippen LogP contribution in [-0.4, -0.2) is 32.4 Å². The van der Waals surface area contributed by atoms with E-state index in [9.17, 15) is 9.18 Å². The number of rotatable bonds is 6. The summed E-state index contributed by atoms with van der Waals surface area (Å²) in [6, 6.07) is 7.58. The normalized spacial score (nSPS) is 10.8. The molecule has 1 amide bonds. The maximum atomic E-state index is 12.9. The Bertz CT molecular complexity index is 852. The average Bonchev–Trinajstić information content (AvgIpc) is 3.20. The van der Waals surface area contributed by atoms with Gasteiger partial charge in [-0.1, -0.05) is 11.6 Å². The largest absolute Gasteiger partial charge is 0.351 e. The molecular weight excluding hydrogens is 345 g/mol. The summed E-state index contributed by atoms with van der Waals surface area (Å²) < 4.78 is 14.7. The fraction of sp³-hybridized carbons (Fsp3) is 0.235. The minimum absolute atomic E-state index is 0.240. The summed E-state index contributed by atoms with van der Waals surface area (Å²) in [5.74, 6) is -0.554. The lowest BCUT2D eigenvalue weighted by atomic mass is 10.1. The van der Waals surface area contributed by atoms with Gasteiger partial charge in [0.15, 0.2) is 0 Å². The van der Waals surface area contributed by atoms with E-state index in [1.54, 1.807) is 29.1 Å². The number of benzene rings is 1. The minimum atomic E-state index is -0.314. The summed E-state index contributed by atoms with van der Waals surface area (Å²) in [5.41, 5.74) is 2.48. The molecule has 0 aliphatic carbocycles. The van der Waals surface area contributed by atoms with Crippen molar-refractivity contribution in [1.29, 1.82) is 0 Å². The van der Waals surface area contributed by atoms with Crippen molar-refractivity contribution < 1.29 is 9.18 Å². The topological polar surface area (TPSA) is 75.6 Å². The Morgan fingerprint density at radius 1 is 1.36 bits per heavy atom. The van der Waals surface area contributed by atoms with Gasteiger partial charge in [0.2, 0.25) is 0 Å². The van der Waals surface area contributed by atoms with Gasteiger partial charge >= 0.3 is 0 Å². The number of halogens is 2. The highest BCUT2D eigenvalue weighted by Crippen LogP contribution is 2.18. The van der Waals surface area contributed by atoms with E-state index in [1.165, 1.54) is 12.1 Å². The highest BCUT2D eigenvalue weighted by atomic mass is 35.5. The SMILES string of the molecule is Cc1nn(CCCNC(=O)c2cc(-c3ccc(F)cc3)n[nH]2)cc1Cl. The Morgan fingerprint density at radius 2 is 2.12 bits per heavy atom. The predicted molar refractivity (Wildman–Crippen MR) is 92.9 cm³/mol. The Kier molecular flexibility index (Phi) is 5.14. The van der Waals surface area contributed by atoms with Gasteiger partial charge in [0.25, 0.3) is 5.91 Å². The number of H-pyrrole nitrogens is 1. The van der Waals surface area contributed by atoms with Crippen LogP contribution in [0.25, 0.3) is 11.3 Å². The minimum Gasteiger partial charge on any atom is -0.351 e. The van der Waals surface area contributed by atoms with Gasteiger partial charge in [0.1, 0.15) is 11.5 Å². The molecule has 0 bridgehead atoms. The first-order chi connectivity index (χ1) is 12.0. The van der Waals surface area contributed by atoms with Crippen LogP contribution >= 0.6 is 11.6 Å². The van der Waals surface area contributed by atoms with E-state index < -0.39 is 0 Å². The van der Waals surface area contributed by atoms with Gasteiger partial charge in [0, 0.05) is 24.8 Å². The number of nitrogens with one attached hydrogen (secondary N) is 2. The number of carbonyl (C=O) groups is 1. The van der Waals surface area contributed by atoms with Crippen LogP contribution in [0.1, 0.15) is 22.6 Å². The second kappa shape index (κ2) is 7.48. The maximum absolute atomic E-state index is 12.9. The van der Waals surface area contributed by atoms with Crippen LogP contribution in [0, 0.1) is 12.7 Å². The number of carbonyl (C=O) groups excluding carboxylic acids is 1. The van der Waals surface area contributed by atoms with Crippen molar-refractivity contribution in [2.75, 3.05) is 6.54 Å². The molecule has 0 unspecified atom stereocenters. The predicted octanol–water partition coefficient (Wildman–Crippen LogP) is 3.19. The molecule has 0 aliphatic heterocycles. The summed E-state index contributed by atoms with van der Waals surface area (Å²) in [6.07, 6.45) is 2.49. The maximum Gasteiger partial charge on any atom is 0.269 e. The second-order valence-electron chi connectivity index (χ2n) is 5.61. The van der Waals surface area contributed by atoms with Crippen molar-refractivity contribution in [3.63, 3.8) is 0 Å². The molecule has 3 rings (SSSR count). The highest BCUT2D eigenvalue weighted by Gasteiger charge is 2.11. The lowest BCUT2D eigenvalue weighted by Crippen LogP contribution is -2.25. The van der Waals surface area contributed by atoms with Crippen molar-refractivity contribution in [3.05, 3.63) is 58.8 Å². The smallest absolute Gasteiger partial charge is 0.269 e. The van der Waals surface area contributed by atoms with Gasteiger partial charge < -0.3 is 5.32 Å². The number of aryl methyl sites for hydroxylation is 2. The molecule has 25 heavy (non-hydrogen) atoms. The van der Waals surface area contributed by atoms with E-state index in [1.807, 2.05) is 6.92 Å². The number of aromatic amines is 1. The number of hydrogen-bond acceptors (Lipinski definition) is 3. The van der Waals surface area contributed by atoms with E-state index in [4.69, 9.17) is 11.6 Å². The molecule has 0 spiro atoms. The Hall–Kier alpha value is -2.67. The van der Waals surface area contributed by atoms with Crippen LogP contribution in [-0.2, 0) is 6.54 Å². The molecule has 2 aromatic heterocycles. The van der Waals surface area contributed by atoms with Gasteiger partial charge in [0.05, 0.1) is 16.4 Å². The quantitative estimate of drug-likeness (QED) is 0.662. The molecule has 0 atom stereocenters. The molecule has 0 saturated carbocycles. The van der Waals surface area contributed by atoms with Gasteiger partial charge in [-0.25, -0.2) is 4.39 Å². The Morgan fingerprint density at radius 3 is 2.80 bits per heavy atom. The number of nitrogens with zero attached hydrogens (tertiary/aromatic N) is 3.